The van der Waals surface area contributed by atoms with Crippen molar-refractivity contribution in [3.05, 3.63) is 0 Å². The second kappa shape index (κ2) is 7.22. The second-order valence-corrected chi connectivity index (χ2v) is 3.97. The summed E-state index contributed by atoms with van der Waals surface area (Å²) in [7, 11) is 1.33. The first-order valence-corrected chi connectivity index (χ1v) is 5.79. The van der Waals surface area contributed by atoms with E-state index in [1.807, 2.05) is 4.90 Å². The van der Waals surface area contributed by atoms with E-state index < -0.39 is 0 Å². The van der Waals surface area contributed by atoms with E-state index in [9.17, 15) is 9.59 Å². The molecule has 0 unspecified atom stereocenters. The number of hydrogen-bond acceptors (Lipinski definition) is 4. The normalized spacial score (nSPS) is 16.7. The van der Waals surface area contributed by atoms with E-state index in [4.69, 9.17) is 0 Å². The largest absolute Gasteiger partial charge is 0.468 e. The molecule has 0 aromatic heterocycles. The summed E-state index contributed by atoms with van der Waals surface area (Å²) in [5.74, 6) is -0.269. The van der Waals surface area contributed by atoms with Gasteiger partial charge in [-0.3, -0.25) is 14.9 Å². The van der Waals surface area contributed by atoms with E-state index in [-0.39, 0.29) is 25.0 Å². The van der Waals surface area contributed by atoms with Gasteiger partial charge in [-0.05, 0) is 12.8 Å². The van der Waals surface area contributed by atoms with Gasteiger partial charge in [0.15, 0.2) is 0 Å². The fourth-order valence-electron chi connectivity index (χ4n) is 1.78. The van der Waals surface area contributed by atoms with Gasteiger partial charge in [0.1, 0.15) is 0 Å². The molecule has 1 aliphatic heterocycles. The third kappa shape index (κ3) is 4.61. The van der Waals surface area contributed by atoms with Gasteiger partial charge < -0.3 is 9.64 Å². The molecule has 16 heavy (non-hydrogen) atoms. The summed E-state index contributed by atoms with van der Waals surface area (Å²) in [6, 6.07) is 0. The minimum Gasteiger partial charge on any atom is -0.468 e. The van der Waals surface area contributed by atoms with E-state index in [1.54, 1.807) is 0 Å². The molecule has 0 bridgehead atoms. The van der Waals surface area contributed by atoms with Crippen molar-refractivity contribution in [1.82, 2.24) is 10.2 Å². The Morgan fingerprint density at radius 1 is 1.12 bits per heavy atom. The first kappa shape index (κ1) is 13.0. The Labute approximate surface area is 96.1 Å². The maximum absolute atomic E-state index is 11.7. The Bertz CT molecular complexity index is 235. The van der Waals surface area contributed by atoms with Crippen LogP contribution < -0.4 is 5.32 Å². The summed E-state index contributed by atoms with van der Waals surface area (Å²) >= 11 is 0. The van der Waals surface area contributed by atoms with Crippen LogP contribution in [0.3, 0.4) is 0 Å². The van der Waals surface area contributed by atoms with E-state index in [0.29, 0.717) is 0 Å². The summed E-state index contributed by atoms with van der Waals surface area (Å²) in [5.41, 5.74) is 0. The summed E-state index contributed by atoms with van der Waals surface area (Å²) in [6.45, 7) is 2.00. The van der Waals surface area contributed by atoms with Gasteiger partial charge in [-0.15, -0.1) is 0 Å². The number of amides is 1. The zero-order valence-corrected chi connectivity index (χ0v) is 9.83. The highest BCUT2D eigenvalue weighted by Gasteiger charge is 2.15. The van der Waals surface area contributed by atoms with Gasteiger partial charge in [-0.2, -0.15) is 0 Å². The molecule has 0 aliphatic carbocycles. The van der Waals surface area contributed by atoms with E-state index in [1.165, 1.54) is 20.0 Å². The standard InChI is InChI=1S/C11H20N2O3/c1-16-11(15)9-12-8-10(14)13-6-4-2-3-5-7-13/h12H,2-9H2,1H3. The van der Waals surface area contributed by atoms with Crippen LogP contribution in [0.4, 0.5) is 0 Å². The van der Waals surface area contributed by atoms with E-state index >= 15 is 0 Å². The van der Waals surface area contributed by atoms with Crippen molar-refractivity contribution >= 4 is 11.9 Å². The van der Waals surface area contributed by atoms with Crippen molar-refractivity contribution in [2.45, 2.75) is 25.7 Å². The van der Waals surface area contributed by atoms with Crippen LogP contribution in [0, 0.1) is 0 Å². The van der Waals surface area contributed by atoms with Crippen LogP contribution in [-0.4, -0.2) is 50.1 Å². The van der Waals surface area contributed by atoms with Crippen LogP contribution in [0.1, 0.15) is 25.7 Å². The van der Waals surface area contributed by atoms with Gasteiger partial charge in [0.05, 0.1) is 20.2 Å². The van der Waals surface area contributed by atoms with Crippen molar-refractivity contribution in [3.63, 3.8) is 0 Å². The molecule has 1 saturated heterocycles. The molecule has 5 nitrogen and oxygen atoms in total. The Hall–Kier alpha value is -1.10. The fraction of sp³-hybridized carbons (Fsp3) is 0.818. The SMILES string of the molecule is COC(=O)CNCC(=O)N1CCCCCC1. The third-order valence-electron chi connectivity index (χ3n) is 2.73. The lowest BCUT2D eigenvalue weighted by Crippen LogP contribution is -2.40. The zero-order valence-electron chi connectivity index (χ0n) is 9.83. The topological polar surface area (TPSA) is 58.6 Å². The molecule has 0 aromatic rings. The lowest BCUT2D eigenvalue weighted by atomic mass is 10.2. The second-order valence-electron chi connectivity index (χ2n) is 3.97. The van der Waals surface area contributed by atoms with Crippen molar-refractivity contribution in [2.75, 3.05) is 33.3 Å². The summed E-state index contributed by atoms with van der Waals surface area (Å²) in [5, 5.41) is 2.79. The highest BCUT2D eigenvalue weighted by Crippen LogP contribution is 2.09. The fourth-order valence-corrected chi connectivity index (χ4v) is 1.78. The first-order chi connectivity index (χ1) is 7.74. The predicted octanol–water partition coefficient (Wildman–Crippen LogP) is 0.152. The molecule has 0 spiro atoms. The average Bonchev–Trinajstić information content (AvgIpc) is 2.57. The van der Waals surface area contributed by atoms with Gasteiger partial charge in [0, 0.05) is 13.1 Å². The quantitative estimate of drug-likeness (QED) is 0.696. The number of rotatable bonds is 4. The lowest BCUT2D eigenvalue weighted by molar-refractivity contribution is -0.139. The third-order valence-corrected chi connectivity index (χ3v) is 2.73. The molecule has 1 aliphatic rings. The van der Waals surface area contributed by atoms with Crippen molar-refractivity contribution < 1.29 is 14.3 Å². The number of nitrogens with zero attached hydrogens (tertiary/aromatic N) is 1. The highest BCUT2D eigenvalue weighted by molar-refractivity contribution is 5.79. The van der Waals surface area contributed by atoms with Crippen LogP contribution in [-0.2, 0) is 14.3 Å². The van der Waals surface area contributed by atoms with Gasteiger partial charge in [0.25, 0.3) is 0 Å². The number of hydrogen-bond donors (Lipinski definition) is 1. The Balaban J connectivity index is 2.20. The molecular formula is C11H20N2O3. The molecule has 0 radical (unpaired) electrons. The van der Waals surface area contributed by atoms with Crippen molar-refractivity contribution in [2.24, 2.45) is 0 Å². The minimum atomic E-state index is -0.344. The van der Waals surface area contributed by atoms with Gasteiger partial charge >= 0.3 is 5.97 Å². The summed E-state index contributed by atoms with van der Waals surface area (Å²) in [6.07, 6.45) is 4.59. The number of nitrogens with one attached hydrogen (secondary N) is 1. The maximum atomic E-state index is 11.7. The average molecular weight is 228 g/mol. The van der Waals surface area contributed by atoms with Crippen LogP contribution in [0.5, 0.6) is 0 Å². The predicted molar refractivity (Wildman–Crippen MR) is 59.9 cm³/mol. The smallest absolute Gasteiger partial charge is 0.319 e. The van der Waals surface area contributed by atoms with Crippen LogP contribution in [0.2, 0.25) is 0 Å². The Morgan fingerprint density at radius 2 is 1.75 bits per heavy atom. The molecule has 1 N–H and O–H groups in total. The van der Waals surface area contributed by atoms with E-state index in [2.05, 4.69) is 10.1 Å². The number of esters is 1. The lowest BCUT2D eigenvalue weighted by Gasteiger charge is -2.20. The zero-order chi connectivity index (χ0) is 11.8. The first-order valence-electron chi connectivity index (χ1n) is 5.79. The van der Waals surface area contributed by atoms with Crippen molar-refractivity contribution in [1.29, 1.82) is 0 Å². The molecule has 5 heteroatoms. The molecule has 1 heterocycles. The molecular weight excluding hydrogens is 208 g/mol. The Morgan fingerprint density at radius 3 is 2.31 bits per heavy atom. The number of ether oxygens (including phenoxy) is 1. The molecule has 0 atom stereocenters. The summed E-state index contributed by atoms with van der Waals surface area (Å²) in [4.78, 5) is 24.4. The van der Waals surface area contributed by atoms with Crippen molar-refractivity contribution in [3.8, 4) is 0 Å². The Kier molecular flexibility index (Phi) is 5.85. The molecule has 92 valence electrons. The maximum Gasteiger partial charge on any atom is 0.319 e. The molecule has 1 amide bonds. The molecule has 1 rings (SSSR count). The van der Waals surface area contributed by atoms with Gasteiger partial charge in [-0.25, -0.2) is 0 Å². The number of likely N-dealkylation sites (tertiary alicyclic amines) is 1. The molecule has 1 fully saturated rings. The number of methoxy groups -OCH3 is 1. The van der Waals surface area contributed by atoms with Gasteiger partial charge in [-0.1, -0.05) is 12.8 Å². The van der Waals surface area contributed by atoms with Crippen LogP contribution in [0.25, 0.3) is 0 Å². The minimum absolute atomic E-state index is 0.0748. The monoisotopic (exact) mass is 228 g/mol. The van der Waals surface area contributed by atoms with Crippen LogP contribution in [0.15, 0.2) is 0 Å². The molecule has 0 aromatic carbocycles. The molecule has 0 saturated carbocycles. The van der Waals surface area contributed by atoms with E-state index in [0.717, 1.165) is 25.9 Å². The number of carbonyl (C=O) groups is 2. The van der Waals surface area contributed by atoms with Crippen LogP contribution >= 0.6 is 0 Å². The number of carbonyl (C=O) groups excluding carboxylic acids is 2. The summed E-state index contributed by atoms with van der Waals surface area (Å²) < 4.78 is 4.47. The van der Waals surface area contributed by atoms with Gasteiger partial charge in [0.2, 0.25) is 5.91 Å². The highest BCUT2D eigenvalue weighted by atomic mass is 16.5.